The van der Waals surface area contributed by atoms with Gasteiger partial charge in [0.25, 0.3) is 0 Å². The van der Waals surface area contributed by atoms with Crippen LogP contribution in [0.4, 0.5) is 0 Å². The van der Waals surface area contributed by atoms with Crippen LogP contribution < -0.4 is 5.73 Å². The maximum Gasteiger partial charge on any atom is 0.0965 e. The summed E-state index contributed by atoms with van der Waals surface area (Å²) in [7, 11) is 0. The zero-order valence-electron chi connectivity index (χ0n) is 11.5. The molecule has 2 N–H and O–H groups in total. The molecule has 1 aliphatic carbocycles. The van der Waals surface area contributed by atoms with Crippen molar-refractivity contribution in [3.05, 3.63) is 23.4 Å². The first-order chi connectivity index (χ1) is 8.70. The van der Waals surface area contributed by atoms with E-state index in [1.807, 2.05) is 18.0 Å². The fourth-order valence-corrected chi connectivity index (χ4v) is 3.84. The SMILES string of the molecule is CCC(N)c1cnc(SC2CCCCC2)cc1C. The van der Waals surface area contributed by atoms with Crippen LogP contribution in [0.3, 0.4) is 0 Å². The number of pyridine rings is 1. The van der Waals surface area contributed by atoms with Crippen LogP contribution in [0, 0.1) is 6.92 Å². The summed E-state index contributed by atoms with van der Waals surface area (Å²) < 4.78 is 0. The molecule has 0 bridgehead atoms. The molecule has 1 heterocycles. The quantitative estimate of drug-likeness (QED) is 0.884. The lowest BCUT2D eigenvalue weighted by Crippen LogP contribution is -2.11. The average Bonchev–Trinajstić information content (AvgIpc) is 2.39. The largest absolute Gasteiger partial charge is 0.324 e. The molecule has 2 nitrogen and oxygen atoms in total. The predicted molar refractivity (Wildman–Crippen MR) is 78.9 cm³/mol. The van der Waals surface area contributed by atoms with Crippen molar-refractivity contribution in [2.24, 2.45) is 5.73 Å². The van der Waals surface area contributed by atoms with Crippen LogP contribution in [-0.4, -0.2) is 10.2 Å². The maximum absolute atomic E-state index is 6.08. The molecule has 1 saturated carbocycles. The van der Waals surface area contributed by atoms with Crippen molar-refractivity contribution in [2.45, 2.75) is 68.7 Å². The Labute approximate surface area is 115 Å². The number of hydrogen-bond acceptors (Lipinski definition) is 3. The molecule has 0 aliphatic heterocycles. The van der Waals surface area contributed by atoms with Crippen LogP contribution in [-0.2, 0) is 0 Å². The molecule has 1 fully saturated rings. The van der Waals surface area contributed by atoms with Gasteiger partial charge in [0.15, 0.2) is 0 Å². The molecule has 2 rings (SSSR count). The zero-order valence-corrected chi connectivity index (χ0v) is 12.3. The maximum atomic E-state index is 6.08. The normalized spacial score (nSPS) is 18.8. The van der Waals surface area contributed by atoms with Crippen molar-refractivity contribution in [3.8, 4) is 0 Å². The highest BCUT2D eigenvalue weighted by Crippen LogP contribution is 2.33. The lowest BCUT2D eigenvalue weighted by Gasteiger charge is -2.21. The number of nitrogens with two attached hydrogens (primary N) is 1. The van der Waals surface area contributed by atoms with Gasteiger partial charge in [0, 0.05) is 17.5 Å². The minimum atomic E-state index is 0.131. The van der Waals surface area contributed by atoms with Crippen LogP contribution in [0.5, 0.6) is 0 Å². The van der Waals surface area contributed by atoms with Gasteiger partial charge in [0.2, 0.25) is 0 Å². The van der Waals surface area contributed by atoms with Crippen molar-refractivity contribution in [3.63, 3.8) is 0 Å². The molecular weight excluding hydrogens is 240 g/mol. The van der Waals surface area contributed by atoms with Crippen LogP contribution in [0.2, 0.25) is 0 Å². The minimum absolute atomic E-state index is 0.131. The smallest absolute Gasteiger partial charge is 0.0965 e. The number of aromatic nitrogens is 1. The standard InChI is InChI=1S/C15H24N2S/c1-3-14(16)13-10-17-15(9-11(13)2)18-12-7-5-4-6-8-12/h9-10,12,14H,3-8,16H2,1-2H3. The monoisotopic (exact) mass is 264 g/mol. The van der Waals surface area contributed by atoms with Crippen LogP contribution in [0.1, 0.15) is 62.6 Å². The van der Waals surface area contributed by atoms with E-state index in [9.17, 15) is 0 Å². The van der Waals surface area contributed by atoms with E-state index in [2.05, 4.69) is 24.9 Å². The first kappa shape index (κ1) is 13.9. The first-order valence-corrected chi connectivity index (χ1v) is 7.97. The fraction of sp³-hybridized carbons (Fsp3) is 0.667. The van der Waals surface area contributed by atoms with Crippen LogP contribution in [0.25, 0.3) is 0 Å². The minimum Gasteiger partial charge on any atom is -0.324 e. The van der Waals surface area contributed by atoms with Gasteiger partial charge < -0.3 is 5.73 Å². The lowest BCUT2D eigenvalue weighted by atomic mass is 10.0. The fourth-order valence-electron chi connectivity index (χ4n) is 2.57. The van der Waals surface area contributed by atoms with E-state index in [0.29, 0.717) is 0 Å². The molecule has 1 aromatic rings. The first-order valence-electron chi connectivity index (χ1n) is 7.09. The molecule has 0 spiro atoms. The summed E-state index contributed by atoms with van der Waals surface area (Å²) in [6.07, 6.45) is 9.83. The molecule has 1 atom stereocenters. The topological polar surface area (TPSA) is 38.9 Å². The second kappa shape index (κ2) is 6.58. The molecule has 0 aromatic carbocycles. The van der Waals surface area contributed by atoms with Gasteiger partial charge in [0.05, 0.1) is 5.03 Å². The van der Waals surface area contributed by atoms with Gasteiger partial charge in [0.1, 0.15) is 0 Å². The third-order valence-corrected chi connectivity index (χ3v) is 5.07. The van der Waals surface area contributed by atoms with Crippen molar-refractivity contribution in [1.82, 2.24) is 4.98 Å². The molecule has 1 aliphatic rings. The summed E-state index contributed by atoms with van der Waals surface area (Å²) >= 11 is 1.95. The van der Waals surface area contributed by atoms with E-state index in [1.54, 1.807) is 0 Å². The molecular formula is C15H24N2S. The highest BCUT2D eigenvalue weighted by atomic mass is 32.2. The van der Waals surface area contributed by atoms with Gasteiger partial charge in [-0.1, -0.05) is 26.2 Å². The molecule has 3 heteroatoms. The number of rotatable bonds is 4. The Hall–Kier alpha value is -0.540. The van der Waals surface area contributed by atoms with E-state index < -0.39 is 0 Å². The Morgan fingerprint density at radius 2 is 2.11 bits per heavy atom. The van der Waals surface area contributed by atoms with E-state index in [0.717, 1.165) is 11.7 Å². The summed E-state index contributed by atoms with van der Waals surface area (Å²) in [6, 6.07) is 2.34. The van der Waals surface area contributed by atoms with Crippen molar-refractivity contribution in [1.29, 1.82) is 0 Å². The number of aryl methyl sites for hydroxylation is 1. The average molecular weight is 264 g/mol. The van der Waals surface area contributed by atoms with E-state index in [4.69, 9.17) is 5.73 Å². The molecule has 100 valence electrons. The highest BCUT2D eigenvalue weighted by Gasteiger charge is 2.16. The second-order valence-electron chi connectivity index (χ2n) is 5.27. The number of hydrogen-bond donors (Lipinski definition) is 1. The van der Waals surface area contributed by atoms with Crippen molar-refractivity contribution < 1.29 is 0 Å². The third-order valence-electron chi connectivity index (χ3n) is 3.81. The van der Waals surface area contributed by atoms with Gasteiger partial charge in [-0.2, -0.15) is 0 Å². The van der Waals surface area contributed by atoms with E-state index in [1.165, 1.54) is 48.3 Å². The van der Waals surface area contributed by atoms with Crippen molar-refractivity contribution >= 4 is 11.8 Å². The summed E-state index contributed by atoms with van der Waals surface area (Å²) in [5.74, 6) is 0. The summed E-state index contributed by atoms with van der Waals surface area (Å²) in [5.41, 5.74) is 8.57. The lowest BCUT2D eigenvalue weighted by molar-refractivity contribution is 0.515. The highest BCUT2D eigenvalue weighted by molar-refractivity contribution is 7.99. The Morgan fingerprint density at radius 1 is 1.39 bits per heavy atom. The van der Waals surface area contributed by atoms with E-state index in [-0.39, 0.29) is 6.04 Å². The Balaban J connectivity index is 2.03. The predicted octanol–water partition coefficient (Wildman–Crippen LogP) is 4.22. The Morgan fingerprint density at radius 3 is 2.72 bits per heavy atom. The summed E-state index contributed by atoms with van der Waals surface area (Å²) in [6.45, 7) is 4.27. The number of nitrogens with zero attached hydrogens (tertiary/aromatic N) is 1. The zero-order chi connectivity index (χ0) is 13.0. The molecule has 1 aromatic heterocycles. The van der Waals surface area contributed by atoms with Gasteiger partial charge in [-0.15, -0.1) is 11.8 Å². The van der Waals surface area contributed by atoms with Crippen LogP contribution in [0.15, 0.2) is 17.3 Å². The Bertz CT molecular complexity index is 386. The summed E-state index contributed by atoms with van der Waals surface area (Å²) in [4.78, 5) is 4.59. The van der Waals surface area contributed by atoms with Gasteiger partial charge in [-0.3, -0.25) is 0 Å². The van der Waals surface area contributed by atoms with E-state index >= 15 is 0 Å². The number of thioether (sulfide) groups is 1. The Kier molecular flexibility index (Phi) is 5.07. The van der Waals surface area contributed by atoms with Crippen LogP contribution >= 0.6 is 11.8 Å². The molecule has 0 amide bonds. The molecule has 0 saturated heterocycles. The molecule has 1 unspecified atom stereocenters. The third kappa shape index (κ3) is 3.48. The molecule has 0 radical (unpaired) electrons. The molecule has 18 heavy (non-hydrogen) atoms. The van der Waals surface area contributed by atoms with Gasteiger partial charge >= 0.3 is 0 Å². The van der Waals surface area contributed by atoms with Crippen molar-refractivity contribution in [2.75, 3.05) is 0 Å². The van der Waals surface area contributed by atoms with Gasteiger partial charge in [-0.25, -0.2) is 4.98 Å². The second-order valence-corrected chi connectivity index (χ2v) is 6.59. The summed E-state index contributed by atoms with van der Waals surface area (Å²) in [5, 5.41) is 1.95. The van der Waals surface area contributed by atoms with Gasteiger partial charge in [-0.05, 0) is 43.4 Å².